The van der Waals surface area contributed by atoms with E-state index in [0.29, 0.717) is 5.22 Å². The maximum atomic E-state index is 5.89. The number of furan rings is 1. The zero-order valence-corrected chi connectivity index (χ0v) is 9.11. The number of oxazole rings is 1. The average molecular weight is 224 g/mol. The molecule has 0 fully saturated rings. The van der Waals surface area contributed by atoms with Gasteiger partial charge in [0.15, 0.2) is 0 Å². The summed E-state index contributed by atoms with van der Waals surface area (Å²) in [7, 11) is 0. The molecule has 2 aromatic rings. The second-order valence-electron chi connectivity index (χ2n) is 3.21. The summed E-state index contributed by atoms with van der Waals surface area (Å²) in [4.78, 5) is 4.05. The Balaban J connectivity index is 2.14. The topological polar surface area (TPSA) is 65.2 Å². The van der Waals surface area contributed by atoms with E-state index in [9.17, 15) is 0 Å². The first-order valence-electron chi connectivity index (χ1n) is 4.62. The standard InChI is InChI=1S/C10H12N2O2S/c1-7(11)9(8-3-2-5-13-8)15-10-12-4-6-14-10/h2-7,9H,11H2,1H3. The Morgan fingerprint density at radius 2 is 2.27 bits per heavy atom. The third kappa shape index (κ3) is 2.43. The van der Waals surface area contributed by atoms with Gasteiger partial charge >= 0.3 is 0 Å². The largest absolute Gasteiger partial charge is 0.468 e. The third-order valence-corrected chi connectivity index (χ3v) is 3.26. The summed E-state index contributed by atoms with van der Waals surface area (Å²) in [5.74, 6) is 0.841. The summed E-state index contributed by atoms with van der Waals surface area (Å²) >= 11 is 1.46. The fourth-order valence-corrected chi connectivity index (χ4v) is 2.17. The van der Waals surface area contributed by atoms with E-state index in [1.165, 1.54) is 11.8 Å². The molecule has 5 heteroatoms. The lowest BCUT2D eigenvalue weighted by atomic mass is 10.2. The van der Waals surface area contributed by atoms with Gasteiger partial charge in [-0.05, 0) is 19.1 Å². The molecule has 0 saturated carbocycles. The van der Waals surface area contributed by atoms with E-state index in [2.05, 4.69) is 4.98 Å². The Morgan fingerprint density at radius 1 is 1.40 bits per heavy atom. The van der Waals surface area contributed by atoms with E-state index in [1.807, 2.05) is 19.1 Å². The lowest BCUT2D eigenvalue weighted by molar-refractivity contribution is 0.446. The Labute approximate surface area is 91.9 Å². The SMILES string of the molecule is CC(N)C(Sc1ncco1)c1ccco1. The van der Waals surface area contributed by atoms with Crippen molar-refractivity contribution >= 4 is 11.8 Å². The average Bonchev–Trinajstić information content (AvgIpc) is 2.87. The molecule has 0 saturated heterocycles. The summed E-state index contributed by atoms with van der Waals surface area (Å²) in [5, 5.41) is 0.632. The minimum absolute atomic E-state index is 0.0265. The number of nitrogens with two attached hydrogens (primary N) is 1. The fraction of sp³-hybridized carbons (Fsp3) is 0.300. The normalized spacial score (nSPS) is 15.1. The molecule has 80 valence electrons. The molecule has 2 aromatic heterocycles. The van der Waals surface area contributed by atoms with Crippen molar-refractivity contribution in [2.45, 2.75) is 23.4 Å². The number of hydrogen-bond donors (Lipinski definition) is 1. The first-order chi connectivity index (χ1) is 7.27. The molecule has 2 N–H and O–H groups in total. The quantitative estimate of drug-likeness (QED) is 0.808. The van der Waals surface area contributed by atoms with Gasteiger partial charge in [0.2, 0.25) is 0 Å². The van der Waals surface area contributed by atoms with E-state index in [4.69, 9.17) is 14.6 Å². The molecular formula is C10H12N2O2S. The van der Waals surface area contributed by atoms with Crippen molar-refractivity contribution in [3.63, 3.8) is 0 Å². The van der Waals surface area contributed by atoms with Crippen molar-refractivity contribution in [3.8, 4) is 0 Å². The lowest BCUT2D eigenvalue weighted by Crippen LogP contribution is -2.22. The van der Waals surface area contributed by atoms with Crippen LogP contribution in [0.1, 0.15) is 17.9 Å². The number of thioether (sulfide) groups is 1. The summed E-state index contributed by atoms with van der Waals surface area (Å²) in [6, 6.07) is 3.72. The predicted molar refractivity (Wildman–Crippen MR) is 57.5 cm³/mol. The van der Waals surface area contributed by atoms with E-state index >= 15 is 0 Å². The monoisotopic (exact) mass is 224 g/mol. The van der Waals surface area contributed by atoms with Crippen LogP contribution in [0.15, 0.2) is 44.9 Å². The summed E-state index contributed by atoms with van der Waals surface area (Å²) in [6.07, 6.45) is 4.80. The van der Waals surface area contributed by atoms with Crippen LogP contribution in [0.3, 0.4) is 0 Å². The van der Waals surface area contributed by atoms with Crippen molar-refractivity contribution in [3.05, 3.63) is 36.6 Å². The highest BCUT2D eigenvalue weighted by Crippen LogP contribution is 2.36. The zero-order valence-electron chi connectivity index (χ0n) is 8.29. The summed E-state index contributed by atoms with van der Waals surface area (Å²) in [6.45, 7) is 1.93. The fourth-order valence-electron chi connectivity index (χ4n) is 1.25. The second-order valence-corrected chi connectivity index (χ2v) is 4.30. The highest BCUT2D eigenvalue weighted by molar-refractivity contribution is 7.99. The molecule has 0 aliphatic carbocycles. The van der Waals surface area contributed by atoms with Gasteiger partial charge in [0.25, 0.3) is 5.22 Å². The van der Waals surface area contributed by atoms with Gasteiger partial charge in [-0.3, -0.25) is 0 Å². The van der Waals surface area contributed by atoms with Crippen molar-refractivity contribution in [2.75, 3.05) is 0 Å². The first-order valence-corrected chi connectivity index (χ1v) is 5.50. The van der Waals surface area contributed by atoms with Gasteiger partial charge < -0.3 is 14.6 Å². The smallest absolute Gasteiger partial charge is 0.256 e. The molecule has 4 nitrogen and oxygen atoms in total. The maximum absolute atomic E-state index is 5.89. The first kappa shape index (κ1) is 10.3. The Kier molecular flexibility index (Phi) is 3.13. The molecule has 0 aliphatic rings. The van der Waals surface area contributed by atoms with Crippen LogP contribution in [0.25, 0.3) is 0 Å². The van der Waals surface area contributed by atoms with E-state index in [0.717, 1.165) is 5.76 Å². The number of rotatable bonds is 4. The van der Waals surface area contributed by atoms with Crippen LogP contribution in [-0.2, 0) is 0 Å². The van der Waals surface area contributed by atoms with Crippen molar-refractivity contribution in [1.82, 2.24) is 4.98 Å². The van der Waals surface area contributed by atoms with Crippen LogP contribution in [0, 0.1) is 0 Å². The molecule has 0 aliphatic heterocycles. The molecule has 0 amide bonds. The molecule has 2 rings (SSSR count). The number of aromatic nitrogens is 1. The Hall–Kier alpha value is -1.20. The van der Waals surface area contributed by atoms with Gasteiger partial charge in [0, 0.05) is 6.04 Å². The van der Waals surface area contributed by atoms with E-state index in [-0.39, 0.29) is 11.3 Å². The lowest BCUT2D eigenvalue weighted by Gasteiger charge is -2.15. The molecule has 2 unspecified atom stereocenters. The maximum Gasteiger partial charge on any atom is 0.256 e. The van der Waals surface area contributed by atoms with Crippen molar-refractivity contribution in [1.29, 1.82) is 0 Å². The van der Waals surface area contributed by atoms with Gasteiger partial charge in [0.1, 0.15) is 12.0 Å². The van der Waals surface area contributed by atoms with Crippen LogP contribution in [0.5, 0.6) is 0 Å². The number of hydrogen-bond acceptors (Lipinski definition) is 5. The molecule has 2 heterocycles. The molecule has 0 bridgehead atoms. The van der Waals surface area contributed by atoms with Crippen LogP contribution >= 0.6 is 11.8 Å². The van der Waals surface area contributed by atoms with Crippen LogP contribution < -0.4 is 5.73 Å². The van der Waals surface area contributed by atoms with Gasteiger partial charge in [-0.2, -0.15) is 0 Å². The highest BCUT2D eigenvalue weighted by atomic mass is 32.2. The molecule has 0 spiro atoms. The summed E-state index contributed by atoms with van der Waals surface area (Å²) in [5.41, 5.74) is 5.89. The number of nitrogens with zero attached hydrogens (tertiary/aromatic N) is 1. The molecular weight excluding hydrogens is 212 g/mol. The molecule has 0 radical (unpaired) electrons. The van der Waals surface area contributed by atoms with Gasteiger partial charge in [0.05, 0.1) is 17.7 Å². The summed E-state index contributed by atoms with van der Waals surface area (Å²) < 4.78 is 10.5. The van der Waals surface area contributed by atoms with Crippen LogP contribution in [0.4, 0.5) is 0 Å². The van der Waals surface area contributed by atoms with Gasteiger partial charge in [-0.25, -0.2) is 4.98 Å². The van der Waals surface area contributed by atoms with Crippen LogP contribution in [0.2, 0.25) is 0 Å². The Bertz CT molecular complexity index is 383. The minimum Gasteiger partial charge on any atom is -0.468 e. The van der Waals surface area contributed by atoms with E-state index < -0.39 is 0 Å². The molecule has 15 heavy (non-hydrogen) atoms. The van der Waals surface area contributed by atoms with Gasteiger partial charge in [-0.1, -0.05) is 11.8 Å². The predicted octanol–water partition coefficient (Wildman–Crippen LogP) is 2.45. The van der Waals surface area contributed by atoms with Crippen molar-refractivity contribution < 1.29 is 8.83 Å². The third-order valence-electron chi connectivity index (χ3n) is 1.94. The minimum atomic E-state index is -0.0342. The zero-order chi connectivity index (χ0) is 10.7. The van der Waals surface area contributed by atoms with E-state index in [1.54, 1.807) is 18.7 Å². The van der Waals surface area contributed by atoms with Gasteiger partial charge in [-0.15, -0.1) is 0 Å². The molecule has 2 atom stereocenters. The molecule has 0 aromatic carbocycles. The van der Waals surface area contributed by atoms with Crippen LogP contribution in [-0.4, -0.2) is 11.0 Å². The van der Waals surface area contributed by atoms with Crippen molar-refractivity contribution in [2.24, 2.45) is 5.73 Å². The Morgan fingerprint density at radius 3 is 2.80 bits per heavy atom. The second kappa shape index (κ2) is 4.55. The highest BCUT2D eigenvalue weighted by Gasteiger charge is 2.22.